The lowest BCUT2D eigenvalue weighted by Crippen LogP contribution is -2.39. The van der Waals surface area contributed by atoms with Gasteiger partial charge in [-0.3, -0.25) is 9.59 Å². The summed E-state index contributed by atoms with van der Waals surface area (Å²) in [5, 5.41) is 5.96. The smallest absolute Gasteiger partial charge is 0.262 e. The fourth-order valence-electron chi connectivity index (χ4n) is 3.97. The van der Waals surface area contributed by atoms with E-state index in [0.29, 0.717) is 6.42 Å². The Bertz CT molecular complexity index is 1270. The number of rotatable bonds is 5. The van der Waals surface area contributed by atoms with E-state index in [0.717, 1.165) is 28.0 Å². The number of carbonyl (C=O) groups is 2. The second-order valence-electron chi connectivity index (χ2n) is 8.50. The van der Waals surface area contributed by atoms with E-state index in [1.54, 1.807) is 18.2 Å². The Labute approximate surface area is 197 Å². The normalized spacial score (nSPS) is 15.3. The number of amides is 2. The van der Waals surface area contributed by atoms with Gasteiger partial charge in [0, 0.05) is 13.5 Å². The van der Waals surface area contributed by atoms with Crippen LogP contribution < -0.4 is 0 Å². The predicted molar refractivity (Wildman–Crippen MR) is 126 cm³/mol. The van der Waals surface area contributed by atoms with Crippen LogP contribution in [0.2, 0.25) is 0 Å². The van der Waals surface area contributed by atoms with Gasteiger partial charge in [0.2, 0.25) is 0 Å². The van der Waals surface area contributed by atoms with Crippen LogP contribution in [0.5, 0.6) is 0 Å². The molecule has 4 rings (SSSR count). The summed E-state index contributed by atoms with van der Waals surface area (Å²) in [5.41, 5.74) is 4.53. The number of hydrazone groups is 1. The van der Waals surface area contributed by atoms with Crippen molar-refractivity contribution in [2.75, 3.05) is 13.6 Å². The van der Waals surface area contributed by atoms with Crippen molar-refractivity contribution < 1.29 is 18.4 Å². The van der Waals surface area contributed by atoms with Crippen LogP contribution >= 0.6 is 0 Å². The molecule has 1 aliphatic rings. The molecule has 1 unspecified atom stereocenters. The summed E-state index contributed by atoms with van der Waals surface area (Å²) in [6.07, 6.45) is 0.449. The minimum absolute atomic E-state index is 0.103. The maximum atomic E-state index is 14.1. The van der Waals surface area contributed by atoms with Gasteiger partial charge in [-0.2, -0.15) is 5.10 Å². The van der Waals surface area contributed by atoms with Gasteiger partial charge in [0.05, 0.1) is 17.3 Å². The van der Waals surface area contributed by atoms with Crippen molar-refractivity contribution in [1.29, 1.82) is 0 Å². The summed E-state index contributed by atoms with van der Waals surface area (Å²) in [7, 11) is 1.45. The Balaban J connectivity index is 1.61. The maximum Gasteiger partial charge on any atom is 0.262 e. The van der Waals surface area contributed by atoms with Crippen molar-refractivity contribution in [3.8, 4) is 0 Å². The fraction of sp³-hybridized carbons (Fsp3) is 0.222. The third kappa shape index (κ3) is 4.73. The van der Waals surface area contributed by atoms with Crippen LogP contribution in [0.4, 0.5) is 8.78 Å². The number of hydrogen-bond donors (Lipinski definition) is 0. The predicted octanol–water partition coefficient (Wildman–Crippen LogP) is 5.03. The Morgan fingerprint density at radius 1 is 1.00 bits per heavy atom. The second-order valence-corrected chi connectivity index (χ2v) is 8.50. The number of carbonyl (C=O) groups excluding carboxylic acids is 2. The highest BCUT2D eigenvalue weighted by Crippen LogP contribution is 2.33. The number of halogens is 2. The van der Waals surface area contributed by atoms with E-state index in [2.05, 4.69) is 5.10 Å². The van der Waals surface area contributed by atoms with Crippen LogP contribution in [0.1, 0.15) is 45.1 Å². The summed E-state index contributed by atoms with van der Waals surface area (Å²) in [6.45, 7) is 3.75. The number of benzene rings is 3. The first-order valence-corrected chi connectivity index (χ1v) is 11.0. The fourth-order valence-corrected chi connectivity index (χ4v) is 3.97. The first-order chi connectivity index (χ1) is 16.2. The third-order valence-electron chi connectivity index (χ3n) is 6.08. The summed E-state index contributed by atoms with van der Waals surface area (Å²) >= 11 is 0. The van der Waals surface area contributed by atoms with Gasteiger partial charge in [0.25, 0.3) is 11.8 Å². The number of aryl methyl sites for hydroxylation is 2. The lowest BCUT2D eigenvalue weighted by molar-refractivity contribution is -0.133. The molecule has 1 aliphatic heterocycles. The monoisotopic (exact) mass is 461 g/mol. The van der Waals surface area contributed by atoms with Crippen LogP contribution in [0.15, 0.2) is 71.8 Å². The molecule has 7 heteroatoms. The summed E-state index contributed by atoms with van der Waals surface area (Å²) in [6, 6.07) is 17.2. The molecule has 0 bridgehead atoms. The molecular weight excluding hydrogens is 436 g/mol. The molecule has 3 aromatic rings. The zero-order valence-corrected chi connectivity index (χ0v) is 19.3. The van der Waals surface area contributed by atoms with Gasteiger partial charge in [-0.15, -0.1) is 0 Å². The SMILES string of the molecule is Cc1ccc(C2=NN(C(=O)CN(C)C(=O)c3ccccc3F)C(c3ccc(F)cc3)C2)cc1C. The van der Waals surface area contributed by atoms with E-state index >= 15 is 0 Å². The molecule has 0 radical (unpaired) electrons. The number of likely N-dealkylation sites (N-methyl/N-ethyl adjacent to an activating group) is 1. The molecule has 3 aromatic carbocycles. The Morgan fingerprint density at radius 2 is 1.71 bits per heavy atom. The van der Waals surface area contributed by atoms with E-state index in [1.165, 1.54) is 47.3 Å². The second kappa shape index (κ2) is 9.55. The van der Waals surface area contributed by atoms with Gasteiger partial charge in [-0.25, -0.2) is 13.8 Å². The minimum Gasteiger partial charge on any atom is -0.332 e. The van der Waals surface area contributed by atoms with E-state index in [-0.39, 0.29) is 17.9 Å². The van der Waals surface area contributed by atoms with Gasteiger partial charge < -0.3 is 4.90 Å². The van der Waals surface area contributed by atoms with Crippen LogP contribution in [-0.2, 0) is 4.79 Å². The molecule has 0 N–H and O–H groups in total. The quantitative estimate of drug-likeness (QED) is 0.535. The molecule has 174 valence electrons. The largest absolute Gasteiger partial charge is 0.332 e. The average molecular weight is 462 g/mol. The molecule has 1 heterocycles. The number of nitrogens with zero attached hydrogens (tertiary/aromatic N) is 3. The molecule has 34 heavy (non-hydrogen) atoms. The topological polar surface area (TPSA) is 53.0 Å². The lowest BCUT2D eigenvalue weighted by Gasteiger charge is -2.25. The Hall–Kier alpha value is -3.87. The maximum absolute atomic E-state index is 14.1. The van der Waals surface area contributed by atoms with Crippen molar-refractivity contribution in [3.63, 3.8) is 0 Å². The van der Waals surface area contributed by atoms with Crippen molar-refractivity contribution in [2.24, 2.45) is 5.10 Å². The Kier molecular flexibility index (Phi) is 6.54. The summed E-state index contributed by atoms with van der Waals surface area (Å²) in [4.78, 5) is 27.2. The van der Waals surface area contributed by atoms with Crippen molar-refractivity contribution >= 4 is 17.5 Å². The average Bonchev–Trinajstić information content (AvgIpc) is 3.27. The zero-order chi connectivity index (χ0) is 24.4. The minimum atomic E-state index is -0.646. The van der Waals surface area contributed by atoms with E-state index < -0.39 is 23.7 Å². The third-order valence-corrected chi connectivity index (χ3v) is 6.08. The molecule has 0 saturated heterocycles. The first-order valence-electron chi connectivity index (χ1n) is 11.0. The van der Waals surface area contributed by atoms with E-state index in [1.807, 2.05) is 32.0 Å². The van der Waals surface area contributed by atoms with Gasteiger partial charge in [-0.1, -0.05) is 36.4 Å². The molecule has 2 amide bonds. The van der Waals surface area contributed by atoms with Crippen LogP contribution in [-0.4, -0.2) is 41.0 Å². The molecule has 0 aromatic heterocycles. The van der Waals surface area contributed by atoms with Crippen molar-refractivity contribution in [1.82, 2.24) is 9.91 Å². The molecule has 1 atom stereocenters. The molecule has 0 aliphatic carbocycles. The van der Waals surface area contributed by atoms with E-state index in [4.69, 9.17) is 0 Å². The molecular formula is C27H25F2N3O2. The standard InChI is InChI=1S/C27H25F2N3O2/c1-17-8-9-20(14-18(17)2)24-15-25(19-10-12-21(28)13-11-19)32(30-24)26(33)16-31(3)27(34)22-6-4-5-7-23(22)29/h4-14,25H,15-16H2,1-3H3. The van der Waals surface area contributed by atoms with Crippen molar-refractivity contribution in [2.45, 2.75) is 26.3 Å². The van der Waals surface area contributed by atoms with Crippen LogP contribution in [0.3, 0.4) is 0 Å². The number of hydrogen-bond acceptors (Lipinski definition) is 3. The van der Waals surface area contributed by atoms with Gasteiger partial charge in [0.15, 0.2) is 0 Å². The first kappa shape index (κ1) is 23.3. The highest BCUT2D eigenvalue weighted by atomic mass is 19.1. The highest BCUT2D eigenvalue weighted by molar-refractivity contribution is 6.04. The van der Waals surface area contributed by atoms with Gasteiger partial charge >= 0.3 is 0 Å². The molecule has 0 fully saturated rings. The summed E-state index contributed by atoms with van der Waals surface area (Å²) in [5.74, 6) is -2.03. The summed E-state index contributed by atoms with van der Waals surface area (Å²) < 4.78 is 27.6. The van der Waals surface area contributed by atoms with Gasteiger partial charge in [-0.05, 0) is 66.4 Å². The van der Waals surface area contributed by atoms with E-state index in [9.17, 15) is 18.4 Å². The zero-order valence-electron chi connectivity index (χ0n) is 19.3. The Morgan fingerprint density at radius 3 is 2.38 bits per heavy atom. The highest BCUT2D eigenvalue weighted by Gasteiger charge is 2.34. The van der Waals surface area contributed by atoms with Gasteiger partial charge in [0.1, 0.15) is 18.2 Å². The molecule has 0 saturated carbocycles. The van der Waals surface area contributed by atoms with Crippen LogP contribution in [0.25, 0.3) is 0 Å². The lowest BCUT2D eigenvalue weighted by atomic mass is 9.96. The van der Waals surface area contributed by atoms with Crippen LogP contribution in [0, 0.1) is 25.5 Å². The van der Waals surface area contributed by atoms with Crippen molar-refractivity contribution in [3.05, 3.63) is 106 Å². The molecule has 0 spiro atoms. The molecule has 5 nitrogen and oxygen atoms in total.